The lowest BCUT2D eigenvalue weighted by atomic mass is 10.2. The van der Waals surface area contributed by atoms with Gasteiger partial charge < -0.3 is 19.4 Å². The molecule has 1 aliphatic rings. The third-order valence-corrected chi connectivity index (χ3v) is 16.2. The van der Waals surface area contributed by atoms with E-state index in [0.717, 1.165) is 21.0 Å². The maximum absolute atomic E-state index is 14.2. The molecule has 5 atom stereocenters. The number of H-pyrrole nitrogens is 1. The van der Waals surface area contributed by atoms with Gasteiger partial charge in [-0.25, -0.2) is 14.0 Å². The van der Waals surface area contributed by atoms with Gasteiger partial charge in [0.2, 0.25) is 5.82 Å². The molecule has 48 heavy (non-hydrogen) atoms. The second kappa shape index (κ2) is 16.3. The van der Waals surface area contributed by atoms with Crippen molar-refractivity contribution >= 4 is 26.2 Å². The van der Waals surface area contributed by atoms with Crippen molar-refractivity contribution < 1.29 is 50.0 Å². The van der Waals surface area contributed by atoms with Crippen LogP contribution in [0.5, 0.6) is 0 Å². The highest BCUT2D eigenvalue weighted by Crippen LogP contribution is 2.52. The van der Waals surface area contributed by atoms with Crippen LogP contribution in [0.3, 0.4) is 0 Å². The van der Waals surface area contributed by atoms with Crippen molar-refractivity contribution in [3.8, 4) is 0 Å². The third-order valence-electron chi connectivity index (χ3n) is 8.37. The van der Waals surface area contributed by atoms with Crippen molar-refractivity contribution in [3.05, 3.63) is 62.7 Å². The standard InChI is InChI=1S/C29H47FN3O12PSSi/c1-20-8-10-22(11-9-20)47(39,40)43-15-13-32(5)46(38,41-14-12-21(35)18-34)42-19-25-24(45-48(6,7)29(2,3)4)16-26(44-25)33-17-23(30)27(36)31-28(33)37/h8-11,17,21,24-26,34-35H,12-16,18-19H2,1-7H3,(H,31,36,37)/t21?,24-,25+,26+,46?/m0/s1. The summed E-state index contributed by atoms with van der Waals surface area (Å²) in [5.74, 6) is -1.18. The molecular formula is C29H47FN3O12PSSi. The van der Waals surface area contributed by atoms with Crippen LogP contribution < -0.4 is 11.2 Å². The van der Waals surface area contributed by atoms with Gasteiger partial charge in [0.1, 0.15) is 12.3 Å². The summed E-state index contributed by atoms with van der Waals surface area (Å²) in [5, 5.41) is 18.7. The second-order valence-electron chi connectivity index (χ2n) is 13.1. The molecule has 19 heteroatoms. The summed E-state index contributed by atoms with van der Waals surface area (Å²) in [6.45, 7) is 10.0. The largest absolute Gasteiger partial charge is 0.411 e. The minimum atomic E-state index is -4.25. The molecule has 272 valence electrons. The number of hydrogen-bond acceptors (Lipinski definition) is 12. The number of aryl methyl sites for hydroxylation is 1. The molecule has 3 N–H and O–H groups in total. The molecule has 0 radical (unpaired) electrons. The van der Waals surface area contributed by atoms with Crippen molar-refractivity contribution in [1.29, 1.82) is 0 Å². The Morgan fingerprint density at radius 1 is 1.19 bits per heavy atom. The molecule has 0 spiro atoms. The Balaban J connectivity index is 1.82. The Hall–Kier alpha value is -2.09. The molecule has 0 amide bonds. The van der Waals surface area contributed by atoms with E-state index in [-0.39, 0.29) is 35.9 Å². The monoisotopic (exact) mass is 739 g/mol. The number of halogens is 1. The van der Waals surface area contributed by atoms with Crippen molar-refractivity contribution in [2.45, 2.75) is 88.1 Å². The molecule has 2 aromatic rings. The van der Waals surface area contributed by atoms with E-state index in [1.807, 2.05) is 45.8 Å². The van der Waals surface area contributed by atoms with Crippen molar-refractivity contribution in [2.24, 2.45) is 0 Å². The summed E-state index contributed by atoms with van der Waals surface area (Å²) in [5.41, 5.74) is -1.20. The molecule has 2 heterocycles. The lowest BCUT2D eigenvalue weighted by Gasteiger charge is -2.39. The Labute approximate surface area is 280 Å². The lowest BCUT2D eigenvalue weighted by Crippen LogP contribution is -2.46. The first-order valence-corrected chi connectivity index (χ1v) is 21.2. The van der Waals surface area contributed by atoms with Crippen LogP contribution in [0.1, 0.15) is 45.4 Å². The van der Waals surface area contributed by atoms with Crippen LogP contribution >= 0.6 is 7.75 Å². The number of aliphatic hydroxyl groups is 2. The number of nitrogens with one attached hydrogen (secondary N) is 1. The van der Waals surface area contributed by atoms with E-state index in [2.05, 4.69) is 0 Å². The molecular weight excluding hydrogens is 692 g/mol. The first-order chi connectivity index (χ1) is 22.2. The molecule has 1 fully saturated rings. The average molecular weight is 740 g/mol. The van der Waals surface area contributed by atoms with E-state index in [0.29, 0.717) is 0 Å². The molecule has 3 rings (SSSR count). The highest BCUT2D eigenvalue weighted by molar-refractivity contribution is 7.86. The number of rotatable bonds is 17. The minimum absolute atomic E-state index is 0.0494. The van der Waals surface area contributed by atoms with Crippen LogP contribution in [0.15, 0.2) is 44.9 Å². The van der Waals surface area contributed by atoms with Crippen molar-refractivity contribution in [3.63, 3.8) is 0 Å². The maximum atomic E-state index is 14.2. The summed E-state index contributed by atoms with van der Waals surface area (Å²) in [7, 11) is -9.47. The van der Waals surface area contributed by atoms with Crippen molar-refractivity contribution in [1.82, 2.24) is 14.2 Å². The van der Waals surface area contributed by atoms with Gasteiger partial charge >= 0.3 is 13.4 Å². The van der Waals surface area contributed by atoms with E-state index >= 15 is 0 Å². The number of benzene rings is 1. The number of hydrogen-bond donors (Lipinski definition) is 3. The molecule has 0 bridgehead atoms. The Morgan fingerprint density at radius 2 is 1.83 bits per heavy atom. The Bertz CT molecular complexity index is 1650. The number of nitrogens with zero attached hydrogens (tertiary/aromatic N) is 2. The molecule has 0 aliphatic carbocycles. The molecule has 1 aromatic carbocycles. The van der Waals surface area contributed by atoms with Gasteiger partial charge in [-0.1, -0.05) is 38.5 Å². The number of ether oxygens (including phenoxy) is 1. The quantitative estimate of drug-likeness (QED) is 0.122. The number of aliphatic hydroxyl groups excluding tert-OH is 2. The normalized spacial score (nSPS) is 21.0. The fourth-order valence-corrected chi connectivity index (χ4v) is 8.07. The average Bonchev–Trinajstić information content (AvgIpc) is 3.38. The maximum Gasteiger partial charge on any atom is 0.408 e. The summed E-state index contributed by atoms with van der Waals surface area (Å²) in [6.07, 6.45) is -3.14. The van der Waals surface area contributed by atoms with Crippen LogP contribution in [0, 0.1) is 12.7 Å². The Kier molecular flexibility index (Phi) is 13.7. The van der Waals surface area contributed by atoms with Crippen LogP contribution in [-0.4, -0.2) is 99.5 Å². The smallest absolute Gasteiger partial charge is 0.408 e. The van der Waals surface area contributed by atoms with Crippen LogP contribution in [0.2, 0.25) is 18.1 Å². The van der Waals surface area contributed by atoms with Gasteiger partial charge in [0, 0.05) is 13.0 Å². The topological polar surface area (TPSA) is 196 Å². The van der Waals surface area contributed by atoms with Crippen molar-refractivity contribution in [2.75, 3.05) is 40.0 Å². The lowest BCUT2D eigenvalue weighted by molar-refractivity contribution is -0.0440. The molecule has 1 aliphatic heterocycles. The minimum Gasteiger partial charge on any atom is -0.411 e. The van der Waals surface area contributed by atoms with E-state index in [4.69, 9.17) is 22.4 Å². The fraction of sp³-hybridized carbons (Fsp3) is 0.655. The van der Waals surface area contributed by atoms with Crippen LogP contribution in [-0.2, 0) is 37.1 Å². The van der Waals surface area contributed by atoms with Crippen LogP contribution in [0.4, 0.5) is 4.39 Å². The van der Waals surface area contributed by atoms with Gasteiger partial charge in [-0.15, -0.1) is 0 Å². The Morgan fingerprint density at radius 3 is 2.44 bits per heavy atom. The zero-order valence-corrected chi connectivity index (χ0v) is 31.0. The van der Waals surface area contributed by atoms with Gasteiger partial charge in [0.05, 0.1) is 49.7 Å². The first kappa shape index (κ1) is 40.3. The van der Waals surface area contributed by atoms with E-state index < -0.39 is 87.6 Å². The molecule has 1 saturated heterocycles. The molecule has 0 saturated carbocycles. The summed E-state index contributed by atoms with van der Waals surface area (Å²) in [4.78, 5) is 26.0. The second-order valence-corrected chi connectivity index (χ2v) is 21.6. The zero-order chi connectivity index (χ0) is 36.1. The third kappa shape index (κ3) is 10.5. The number of aromatic nitrogens is 2. The number of likely N-dealkylation sites (N-methyl/N-ethyl adjacent to an activating group) is 1. The van der Waals surface area contributed by atoms with E-state index in [1.165, 1.54) is 19.2 Å². The molecule has 15 nitrogen and oxygen atoms in total. The summed E-state index contributed by atoms with van der Waals surface area (Å²) >= 11 is 0. The first-order valence-electron chi connectivity index (χ1n) is 15.4. The van der Waals surface area contributed by atoms with Gasteiger partial charge in [0.25, 0.3) is 15.7 Å². The van der Waals surface area contributed by atoms with Gasteiger partial charge in [-0.3, -0.25) is 27.6 Å². The summed E-state index contributed by atoms with van der Waals surface area (Å²) < 4.78 is 85.0. The molecule has 1 aromatic heterocycles. The highest BCUT2D eigenvalue weighted by atomic mass is 32.2. The van der Waals surface area contributed by atoms with Crippen LogP contribution in [0.25, 0.3) is 0 Å². The predicted octanol–water partition coefficient (Wildman–Crippen LogP) is 2.88. The van der Waals surface area contributed by atoms with E-state index in [1.54, 1.807) is 12.1 Å². The predicted molar refractivity (Wildman–Crippen MR) is 176 cm³/mol. The SMILES string of the molecule is Cc1ccc(S(=O)(=O)OCCN(C)P(=O)(OCCC(O)CO)OC[C@H]2O[C@@H](n3cc(F)c(=O)[nH]c3=O)C[C@@H]2O[Si](C)(C)C(C)(C)C)cc1. The summed E-state index contributed by atoms with van der Waals surface area (Å²) in [6, 6.07) is 6.07. The highest BCUT2D eigenvalue weighted by Gasteiger charge is 2.46. The fourth-order valence-electron chi connectivity index (χ4n) is 4.35. The number of aromatic amines is 1. The molecule has 2 unspecified atom stereocenters. The van der Waals surface area contributed by atoms with Gasteiger partial charge in [0.15, 0.2) is 8.32 Å². The van der Waals surface area contributed by atoms with Gasteiger partial charge in [-0.2, -0.15) is 12.8 Å². The van der Waals surface area contributed by atoms with E-state index in [9.17, 15) is 37.2 Å². The van der Waals surface area contributed by atoms with Gasteiger partial charge in [-0.05, 0) is 50.7 Å². The zero-order valence-electron chi connectivity index (χ0n) is 28.3.